The van der Waals surface area contributed by atoms with Gasteiger partial charge in [-0.2, -0.15) is 0 Å². The van der Waals surface area contributed by atoms with Crippen molar-refractivity contribution in [3.8, 4) is 0 Å². The fourth-order valence-electron chi connectivity index (χ4n) is 2.21. The number of hydrogen-bond acceptors (Lipinski definition) is 5. The van der Waals surface area contributed by atoms with Crippen LogP contribution in [0.2, 0.25) is 0 Å². The van der Waals surface area contributed by atoms with E-state index in [1.165, 1.54) is 0 Å². The average Bonchev–Trinajstić information content (AvgIpc) is 2.80. The van der Waals surface area contributed by atoms with Crippen molar-refractivity contribution in [1.82, 2.24) is 15.2 Å². The molecule has 3 rings (SSSR count). The van der Waals surface area contributed by atoms with Gasteiger partial charge in [0, 0.05) is 50.8 Å². The minimum atomic E-state index is 0.224. The highest BCUT2D eigenvalue weighted by molar-refractivity contribution is 7.13. The molecule has 1 aromatic heterocycles. The van der Waals surface area contributed by atoms with Crippen LogP contribution in [0, 0.1) is 5.92 Å². The molecular formula is C11H16N4OS. The lowest BCUT2D eigenvalue weighted by molar-refractivity contribution is -0.137. The van der Waals surface area contributed by atoms with Crippen LogP contribution in [-0.4, -0.2) is 55.1 Å². The van der Waals surface area contributed by atoms with Crippen LogP contribution < -0.4 is 10.2 Å². The molecule has 0 bridgehead atoms. The number of carbonyl (C=O) groups excluding carboxylic acids is 1. The van der Waals surface area contributed by atoms with Crippen molar-refractivity contribution in [1.29, 1.82) is 0 Å². The molecule has 0 saturated carbocycles. The number of anilines is 1. The van der Waals surface area contributed by atoms with Crippen LogP contribution in [-0.2, 0) is 4.79 Å². The van der Waals surface area contributed by atoms with Crippen LogP contribution in [0.25, 0.3) is 0 Å². The predicted octanol–water partition coefficient (Wildman–Crippen LogP) is 0.0111. The minimum absolute atomic E-state index is 0.224. The maximum atomic E-state index is 12.0. The Labute approximate surface area is 104 Å². The Kier molecular flexibility index (Phi) is 2.98. The summed E-state index contributed by atoms with van der Waals surface area (Å²) in [5, 5.41) is 6.21. The highest BCUT2D eigenvalue weighted by atomic mass is 32.1. The first-order valence-electron chi connectivity index (χ1n) is 5.98. The Bertz CT molecular complexity index is 382. The molecule has 92 valence electrons. The summed E-state index contributed by atoms with van der Waals surface area (Å²) in [5.74, 6) is 0.545. The molecule has 3 heterocycles. The topological polar surface area (TPSA) is 48.5 Å². The highest BCUT2D eigenvalue weighted by Gasteiger charge is 2.31. The van der Waals surface area contributed by atoms with Gasteiger partial charge in [-0.05, 0) is 0 Å². The Balaban J connectivity index is 1.55. The second-order valence-corrected chi connectivity index (χ2v) is 5.36. The monoisotopic (exact) mass is 252 g/mol. The maximum absolute atomic E-state index is 12.0. The zero-order valence-corrected chi connectivity index (χ0v) is 10.4. The molecule has 2 aliphatic rings. The van der Waals surface area contributed by atoms with E-state index in [9.17, 15) is 4.79 Å². The molecule has 2 fully saturated rings. The van der Waals surface area contributed by atoms with E-state index in [-0.39, 0.29) is 5.92 Å². The maximum Gasteiger partial charge on any atom is 0.228 e. The van der Waals surface area contributed by atoms with Gasteiger partial charge in [-0.1, -0.05) is 0 Å². The van der Waals surface area contributed by atoms with Crippen LogP contribution >= 0.6 is 11.3 Å². The van der Waals surface area contributed by atoms with Gasteiger partial charge in [-0.25, -0.2) is 4.98 Å². The fourth-order valence-corrected chi connectivity index (χ4v) is 2.91. The van der Waals surface area contributed by atoms with E-state index in [1.54, 1.807) is 11.3 Å². The number of rotatable bonds is 2. The van der Waals surface area contributed by atoms with Gasteiger partial charge in [0.15, 0.2) is 5.13 Å². The molecule has 1 N–H and O–H groups in total. The Hall–Kier alpha value is -1.14. The van der Waals surface area contributed by atoms with E-state index in [4.69, 9.17) is 0 Å². The smallest absolute Gasteiger partial charge is 0.228 e. The molecule has 0 atom stereocenters. The van der Waals surface area contributed by atoms with Crippen molar-refractivity contribution < 1.29 is 4.79 Å². The molecule has 0 aliphatic carbocycles. The lowest BCUT2D eigenvalue weighted by Crippen LogP contribution is -2.56. The summed E-state index contributed by atoms with van der Waals surface area (Å²) >= 11 is 1.66. The lowest BCUT2D eigenvalue weighted by atomic mass is 10.0. The summed E-state index contributed by atoms with van der Waals surface area (Å²) in [6, 6.07) is 0. The van der Waals surface area contributed by atoms with Gasteiger partial charge in [0.05, 0.1) is 5.92 Å². The molecule has 1 aromatic rings. The zero-order valence-electron chi connectivity index (χ0n) is 9.63. The Morgan fingerprint density at radius 2 is 2.12 bits per heavy atom. The summed E-state index contributed by atoms with van der Waals surface area (Å²) in [7, 11) is 0. The number of hydrogen-bond donors (Lipinski definition) is 1. The van der Waals surface area contributed by atoms with Gasteiger partial charge in [-0.3, -0.25) is 4.79 Å². The van der Waals surface area contributed by atoms with Crippen molar-refractivity contribution >= 4 is 22.4 Å². The average molecular weight is 252 g/mol. The van der Waals surface area contributed by atoms with Crippen molar-refractivity contribution in [2.24, 2.45) is 5.92 Å². The van der Waals surface area contributed by atoms with Crippen LogP contribution in [0.15, 0.2) is 11.6 Å². The van der Waals surface area contributed by atoms with Crippen molar-refractivity contribution in [3.05, 3.63) is 11.6 Å². The number of carbonyl (C=O) groups is 1. The molecule has 1 amide bonds. The molecule has 6 heteroatoms. The number of piperazine rings is 1. The SMILES string of the molecule is O=C(C1CNC1)N1CCN(c2nccs2)CC1. The second-order valence-electron chi connectivity index (χ2n) is 4.48. The third-order valence-electron chi connectivity index (χ3n) is 3.41. The van der Waals surface area contributed by atoms with E-state index in [0.29, 0.717) is 5.91 Å². The normalized spacial score (nSPS) is 21.4. The minimum Gasteiger partial charge on any atom is -0.345 e. The Morgan fingerprint density at radius 3 is 2.65 bits per heavy atom. The number of amides is 1. The number of aromatic nitrogens is 1. The quantitative estimate of drug-likeness (QED) is 0.805. The number of thiazole rings is 1. The molecule has 5 nitrogen and oxygen atoms in total. The molecule has 0 unspecified atom stereocenters. The molecule has 0 aromatic carbocycles. The Morgan fingerprint density at radius 1 is 1.35 bits per heavy atom. The van der Waals surface area contributed by atoms with Crippen LogP contribution in [0.5, 0.6) is 0 Å². The third-order valence-corrected chi connectivity index (χ3v) is 4.24. The van der Waals surface area contributed by atoms with E-state index >= 15 is 0 Å². The van der Waals surface area contributed by atoms with Gasteiger partial charge in [-0.15, -0.1) is 11.3 Å². The van der Waals surface area contributed by atoms with E-state index in [2.05, 4.69) is 15.2 Å². The summed E-state index contributed by atoms with van der Waals surface area (Å²) < 4.78 is 0. The zero-order chi connectivity index (χ0) is 11.7. The predicted molar refractivity (Wildman–Crippen MR) is 67.3 cm³/mol. The van der Waals surface area contributed by atoms with Gasteiger partial charge in [0.2, 0.25) is 5.91 Å². The summed E-state index contributed by atoms with van der Waals surface area (Å²) in [6.07, 6.45) is 1.83. The lowest BCUT2D eigenvalue weighted by Gasteiger charge is -2.38. The van der Waals surface area contributed by atoms with E-state index < -0.39 is 0 Å². The van der Waals surface area contributed by atoms with Crippen molar-refractivity contribution in [2.45, 2.75) is 0 Å². The molecular weight excluding hydrogens is 236 g/mol. The summed E-state index contributed by atoms with van der Waals surface area (Å²) in [4.78, 5) is 20.6. The van der Waals surface area contributed by atoms with Crippen molar-refractivity contribution in [2.75, 3.05) is 44.2 Å². The molecule has 2 saturated heterocycles. The van der Waals surface area contributed by atoms with Crippen LogP contribution in [0.4, 0.5) is 5.13 Å². The van der Waals surface area contributed by atoms with Gasteiger partial charge >= 0.3 is 0 Å². The number of nitrogens with zero attached hydrogens (tertiary/aromatic N) is 3. The molecule has 0 spiro atoms. The summed E-state index contributed by atoms with van der Waals surface area (Å²) in [6.45, 7) is 5.17. The third kappa shape index (κ3) is 2.14. The molecule has 2 aliphatic heterocycles. The largest absolute Gasteiger partial charge is 0.345 e. The standard InChI is InChI=1S/C11H16N4OS/c16-10(9-7-12-8-9)14-2-4-15(5-3-14)11-13-1-6-17-11/h1,6,9,12H,2-5,7-8H2. The number of nitrogens with one attached hydrogen (secondary N) is 1. The second kappa shape index (κ2) is 4.62. The van der Waals surface area contributed by atoms with Gasteiger partial charge < -0.3 is 15.1 Å². The summed E-state index contributed by atoms with van der Waals surface area (Å²) in [5.41, 5.74) is 0. The first-order valence-corrected chi connectivity index (χ1v) is 6.86. The van der Waals surface area contributed by atoms with Crippen molar-refractivity contribution in [3.63, 3.8) is 0 Å². The first kappa shape index (κ1) is 11.0. The van der Waals surface area contributed by atoms with Crippen LogP contribution in [0.1, 0.15) is 0 Å². The molecule has 17 heavy (non-hydrogen) atoms. The van der Waals surface area contributed by atoms with Gasteiger partial charge in [0.1, 0.15) is 0 Å². The van der Waals surface area contributed by atoms with E-state index in [1.807, 2.05) is 16.5 Å². The highest BCUT2D eigenvalue weighted by Crippen LogP contribution is 2.19. The first-order chi connectivity index (χ1) is 8.34. The van der Waals surface area contributed by atoms with Gasteiger partial charge in [0.25, 0.3) is 0 Å². The fraction of sp³-hybridized carbons (Fsp3) is 0.636. The van der Waals surface area contributed by atoms with Crippen LogP contribution in [0.3, 0.4) is 0 Å². The molecule has 0 radical (unpaired) electrons. The van der Waals surface area contributed by atoms with E-state index in [0.717, 1.165) is 44.4 Å².